The summed E-state index contributed by atoms with van der Waals surface area (Å²) in [5.74, 6) is 0. The third-order valence-corrected chi connectivity index (χ3v) is 9.65. The fourth-order valence-corrected chi connectivity index (χ4v) is 7.49. The summed E-state index contributed by atoms with van der Waals surface area (Å²) in [6.07, 6.45) is 3.67. The van der Waals surface area contributed by atoms with Crippen molar-refractivity contribution in [2.45, 2.75) is 0 Å². The Bertz CT molecular complexity index is 2990. The van der Waals surface area contributed by atoms with Crippen LogP contribution >= 0.6 is 0 Å². The standard InChI is InChI=1S/C44H25N5/c1-45-30-20-22-39-36(26-30)35-25-29(19-21-38(35)49(39)31-9-3-2-4-10-31)27-15-17-28(18-16-27)42-41-34-13-8-24-47-44(34)43-33(12-7-23-46-43)40(41)32-11-5-6-14-37(32)48-42/h2-26H. The maximum atomic E-state index is 7.65. The van der Waals surface area contributed by atoms with Gasteiger partial charge in [0.2, 0.25) is 0 Å². The Kier molecular flexibility index (Phi) is 5.87. The Hall–Kier alpha value is -6.90. The van der Waals surface area contributed by atoms with Crippen molar-refractivity contribution in [2.24, 2.45) is 0 Å². The lowest BCUT2D eigenvalue weighted by Gasteiger charge is -2.15. The number of aromatic nitrogens is 4. The van der Waals surface area contributed by atoms with E-state index in [1.54, 1.807) is 0 Å². The van der Waals surface area contributed by atoms with E-state index in [1.165, 1.54) is 0 Å². The van der Waals surface area contributed by atoms with E-state index in [2.05, 4.69) is 113 Å². The zero-order valence-electron chi connectivity index (χ0n) is 26.2. The molecule has 0 atom stereocenters. The average molecular weight is 624 g/mol. The van der Waals surface area contributed by atoms with Gasteiger partial charge < -0.3 is 4.57 Å². The second-order valence-electron chi connectivity index (χ2n) is 12.3. The lowest BCUT2D eigenvalue weighted by Crippen LogP contribution is -1.94. The molecule has 5 heteroatoms. The fourth-order valence-electron chi connectivity index (χ4n) is 7.49. The molecule has 0 spiro atoms. The van der Waals surface area contributed by atoms with E-state index >= 15 is 0 Å². The van der Waals surface area contributed by atoms with Crippen LogP contribution in [0.4, 0.5) is 5.69 Å². The highest BCUT2D eigenvalue weighted by Crippen LogP contribution is 2.42. The molecule has 0 saturated carbocycles. The van der Waals surface area contributed by atoms with Crippen molar-refractivity contribution < 1.29 is 0 Å². The van der Waals surface area contributed by atoms with Gasteiger partial charge in [0.15, 0.2) is 5.69 Å². The van der Waals surface area contributed by atoms with Crippen LogP contribution in [-0.2, 0) is 0 Å². The first-order chi connectivity index (χ1) is 24.3. The van der Waals surface area contributed by atoms with E-state index in [9.17, 15) is 0 Å². The van der Waals surface area contributed by atoms with Crippen molar-refractivity contribution in [1.29, 1.82) is 0 Å². The van der Waals surface area contributed by atoms with Crippen molar-refractivity contribution in [3.8, 4) is 28.1 Å². The summed E-state index contributed by atoms with van der Waals surface area (Å²) < 4.78 is 2.28. The minimum Gasteiger partial charge on any atom is -0.309 e. The lowest BCUT2D eigenvalue weighted by molar-refractivity contribution is 1.18. The van der Waals surface area contributed by atoms with Crippen LogP contribution in [0.2, 0.25) is 0 Å². The molecule has 6 aromatic carbocycles. The molecule has 0 aliphatic rings. The topological polar surface area (TPSA) is 48.0 Å². The molecule has 0 unspecified atom stereocenters. The van der Waals surface area contributed by atoms with Crippen LogP contribution < -0.4 is 0 Å². The summed E-state index contributed by atoms with van der Waals surface area (Å²) in [6.45, 7) is 7.65. The second-order valence-corrected chi connectivity index (χ2v) is 12.3. The number of nitrogens with zero attached hydrogens (tertiary/aromatic N) is 5. The van der Waals surface area contributed by atoms with Gasteiger partial charge in [0.25, 0.3) is 0 Å². The van der Waals surface area contributed by atoms with Gasteiger partial charge in [-0.15, -0.1) is 0 Å². The van der Waals surface area contributed by atoms with Crippen LogP contribution in [0.25, 0.3) is 98.2 Å². The molecular formula is C44H25N5. The summed E-state index contributed by atoms with van der Waals surface area (Å²) in [6, 6.07) is 48.3. The zero-order chi connectivity index (χ0) is 32.5. The molecule has 0 saturated heterocycles. The van der Waals surface area contributed by atoms with E-state index in [0.717, 1.165) is 93.4 Å². The number of rotatable bonds is 3. The Morgan fingerprint density at radius 1 is 0.490 bits per heavy atom. The smallest absolute Gasteiger partial charge is 0.188 e. The maximum Gasteiger partial charge on any atom is 0.188 e. The van der Waals surface area contributed by atoms with Crippen LogP contribution in [0.15, 0.2) is 152 Å². The lowest BCUT2D eigenvalue weighted by atomic mass is 9.92. The van der Waals surface area contributed by atoms with Gasteiger partial charge in [-0.2, -0.15) is 0 Å². The Labute approximate surface area is 281 Å². The number of pyridine rings is 3. The van der Waals surface area contributed by atoms with Crippen molar-refractivity contribution in [1.82, 2.24) is 19.5 Å². The zero-order valence-corrected chi connectivity index (χ0v) is 26.2. The minimum absolute atomic E-state index is 0.635. The Balaban J connectivity index is 1.18. The molecule has 4 heterocycles. The highest BCUT2D eigenvalue weighted by atomic mass is 15.0. The molecule has 0 amide bonds. The largest absolute Gasteiger partial charge is 0.309 e. The van der Waals surface area contributed by atoms with Crippen LogP contribution in [0.1, 0.15) is 0 Å². The van der Waals surface area contributed by atoms with Crippen LogP contribution in [-0.4, -0.2) is 19.5 Å². The highest BCUT2D eigenvalue weighted by Gasteiger charge is 2.19. The minimum atomic E-state index is 0.635. The van der Waals surface area contributed by atoms with Crippen molar-refractivity contribution in [3.05, 3.63) is 163 Å². The Morgan fingerprint density at radius 3 is 1.86 bits per heavy atom. The summed E-state index contributed by atoms with van der Waals surface area (Å²) in [5.41, 5.74) is 10.8. The summed E-state index contributed by atoms with van der Waals surface area (Å²) >= 11 is 0. The van der Waals surface area contributed by atoms with Gasteiger partial charge in [0.05, 0.1) is 39.8 Å². The fraction of sp³-hybridized carbons (Fsp3) is 0. The first-order valence-electron chi connectivity index (χ1n) is 16.2. The molecule has 0 aliphatic carbocycles. The maximum absolute atomic E-state index is 7.65. The van der Waals surface area contributed by atoms with Gasteiger partial charge in [0.1, 0.15) is 0 Å². The summed E-state index contributed by atoms with van der Waals surface area (Å²) in [7, 11) is 0. The number of hydrogen-bond acceptors (Lipinski definition) is 3. The molecular weight excluding hydrogens is 599 g/mol. The van der Waals surface area contributed by atoms with E-state index in [1.807, 2.05) is 48.8 Å². The van der Waals surface area contributed by atoms with Crippen molar-refractivity contribution in [3.63, 3.8) is 0 Å². The summed E-state index contributed by atoms with van der Waals surface area (Å²) in [5, 5.41) is 7.64. The van der Waals surface area contributed by atoms with E-state index in [4.69, 9.17) is 21.5 Å². The number of hydrogen-bond donors (Lipinski definition) is 0. The van der Waals surface area contributed by atoms with Crippen LogP contribution in [0.3, 0.4) is 0 Å². The third kappa shape index (κ3) is 4.08. The van der Waals surface area contributed by atoms with Gasteiger partial charge in [-0.3, -0.25) is 9.97 Å². The molecule has 0 bridgehead atoms. The first kappa shape index (κ1) is 27.2. The van der Waals surface area contributed by atoms with Gasteiger partial charge in [-0.05, 0) is 71.1 Å². The predicted octanol–water partition coefficient (Wildman–Crippen LogP) is 11.5. The van der Waals surface area contributed by atoms with Gasteiger partial charge >= 0.3 is 0 Å². The molecule has 0 N–H and O–H groups in total. The molecule has 10 rings (SSSR count). The van der Waals surface area contributed by atoms with E-state index in [0.29, 0.717) is 5.69 Å². The normalized spacial score (nSPS) is 11.7. The van der Waals surface area contributed by atoms with Crippen molar-refractivity contribution in [2.75, 3.05) is 0 Å². The monoisotopic (exact) mass is 623 g/mol. The molecule has 49 heavy (non-hydrogen) atoms. The van der Waals surface area contributed by atoms with Gasteiger partial charge in [0, 0.05) is 56.0 Å². The number of fused-ring (bicyclic) bond motifs is 11. The average Bonchev–Trinajstić information content (AvgIpc) is 3.50. The second kappa shape index (κ2) is 10.6. The molecule has 226 valence electrons. The molecule has 0 aliphatic heterocycles. The molecule has 5 nitrogen and oxygen atoms in total. The number of para-hydroxylation sites is 2. The van der Waals surface area contributed by atoms with Crippen LogP contribution in [0.5, 0.6) is 0 Å². The quantitative estimate of drug-likeness (QED) is 0.145. The Morgan fingerprint density at radius 2 is 1.10 bits per heavy atom. The van der Waals surface area contributed by atoms with E-state index < -0.39 is 0 Å². The molecule has 4 aromatic heterocycles. The van der Waals surface area contributed by atoms with Crippen LogP contribution in [0, 0.1) is 6.57 Å². The van der Waals surface area contributed by atoms with Gasteiger partial charge in [-0.25, -0.2) is 9.83 Å². The first-order valence-corrected chi connectivity index (χ1v) is 16.2. The van der Waals surface area contributed by atoms with Crippen molar-refractivity contribution >= 4 is 71.0 Å². The number of benzene rings is 6. The summed E-state index contributed by atoms with van der Waals surface area (Å²) in [4.78, 5) is 18.6. The SMILES string of the molecule is [C-]#[N+]c1ccc2c(c1)c1cc(-c3ccc(-c4nc5ccccc5c5c6cccnc6c6ncccc6c45)cc3)ccc1n2-c1ccccc1. The molecule has 0 radical (unpaired) electrons. The predicted molar refractivity (Wildman–Crippen MR) is 201 cm³/mol. The third-order valence-electron chi connectivity index (χ3n) is 9.65. The molecule has 0 fully saturated rings. The highest BCUT2D eigenvalue weighted by molar-refractivity contribution is 6.32. The van der Waals surface area contributed by atoms with Gasteiger partial charge in [-0.1, -0.05) is 84.9 Å². The van der Waals surface area contributed by atoms with E-state index in [-0.39, 0.29) is 0 Å². The molecule has 10 aromatic rings.